The van der Waals surface area contributed by atoms with Crippen molar-refractivity contribution in [3.63, 3.8) is 0 Å². The molecule has 0 spiro atoms. The Hall–Kier alpha value is -0.120. The van der Waals surface area contributed by atoms with Crippen LogP contribution in [0.15, 0.2) is 0 Å². The van der Waals surface area contributed by atoms with Gasteiger partial charge in [0.25, 0.3) is 0 Å². The van der Waals surface area contributed by atoms with Gasteiger partial charge in [0.15, 0.2) is 0 Å². The van der Waals surface area contributed by atoms with Gasteiger partial charge in [-0.05, 0) is 59.3 Å². The van der Waals surface area contributed by atoms with E-state index < -0.39 is 0 Å². The van der Waals surface area contributed by atoms with Crippen molar-refractivity contribution in [2.75, 3.05) is 40.8 Å². The minimum Gasteiger partial charge on any atom is -0.317 e. The fraction of sp³-hybridized carbons (Fsp3) is 1.00. The van der Waals surface area contributed by atoms with Gasteiger partial charge in [0.1, 0.15) is 0 Å². The number of rotatable bonds is 4. The van der Waals surface area contributed by atoms with Crippen LogP contribution in [0.3, 0.4) is 0 Å². The Morgan fingerprint density at radius 1 is 1.31 bits per heavy atom. The fourth-order valence-corrected chi connectivity index (χ4v) is 3.35. The van der Waals surface area contributed by atoms with Gasteiger partial charge in [-0.2, -0.15) is 0 Å². The molecule has 0 aromatic rings. The van der Waals surface area contributed by atoms with E-state index in [2.05, 4.69) is 36.3 Å². The highest BCUT2D eigenvalue weighted by molar-refractivity contribution is 4.86. The van der Waals surface area contributed by atoms with Gasteiger partial charge in [0.2, 0.25) is 0 Å². The van der Waals surface area contributed by atoms with Crippen molar-refractivity contribution in [3.8, 4) is 0 Å². The SMILES string of the molecule is CNC1CCC(N(C)CC2CCN(C)C2)C1. The lowest BCUT2D eigenvalue weighted by Crippen LogP contribution is -2.36. The van der Waals surface area contributed by atoms with Gasteiger partial charge in [0.05, 0.1) is 0 Å². The van der Waals surface area contributed by atoms with E-state index in [9.17, 15) is 0 Å². The molecule has 0 amide bonds. The lowest BCUT2D eigenvalue weighted by Gasteiger charge is -2.27. The monoisotopic (exact) mass is 225 g/mol. The summed E-state index contributed by atoms with van der Waals surface area (Å²) in [5, 5.41) is 3.41. The molecule has 3 heteroatoms. The van der Waals surface area contributed by atoms with Crippen LogP contribution in [0.25, 0.3) is 0 Å². The highest BCUT2D eigenvalue weighted by Gasteiger charge is 2.29. The Bertz CT molecular complexity index is 219. The third-order valence-electron chi connectivity index (χ3n) is 4.47. The molecule has 1 N–H and O–H groups in total. The second kappa shape index (κ2) is 5.48. The normalized spacial score (nSPS) is 36.4. The minimum absolute atomic E-state index is 0.763. The largest absolute Gasteiger partial charge is 0.317 e. The molecule has 94 valence electrons. The second-order valence-corrected chi connectivity index (χ2v) is 5.81. The van der Waals surface area contributed by atoms with Gasteiger partial charge in [-0.25, -0.2) is 0 Å². The first-order valence-electron chi connectivity index (χ1n) is 6.75. The summed E-state index contributed by atoms with van der Waals surface area (Å²) in [6, 6.07) is 1.59. The summed E-state index contributed by atoms with van der Waals surface area (Å²) in [5.41, 5.74) is 0. The topological polar surface area (TPSA) is 18.5 Å². The Morgan fingerprint density at radius 3 is 2.69 bits per heavy atom. The number of hydrogen-bond donors (Lipinski definition) is 1. The molecule has 3 nitrogen and oxygen atoms in total. The Labute approximate surface area is 100 Å². The van der Waals surface area contributed by atoms with E-state index in [-0.39, 0.29) is 0 Å². The van der Waals surface area contributed by atoms with Crippen LogP contribution in [0.2, 0.25) is 0 Å². The predicted octanol–water partition coefficient (Wildman–Crippen LogP) is 1.01. The smallest absolute Gasteiger partial charge is 0.0108 e. The highest BCUT2D eigenvalue weighted by Crippen LogP contribution is 2.25. The summed E-state index contributed by atoms with van der Waals surface area (Å²) >= 11 is 0. The Morgan fingerprint density at radius 2 is 2.12 bits per heavy atom. The first-order chi connectivity index (χ1) is 7.69. The number of likely N-dealkylation sites (tertiary alicyclic amines) is 1. The molecule has 0 aromatic heterocycles. The maximum atomic E-state index is 3.41. The van der Waals surface area contributed by atoms with Crippen molar-refractivity contribution in [1.82, 2.24) is 15.1 Å². The maximum absolute atomic E-state index is 3.41. The molecule has 3 atom stereocenters. The van der Waals surface area contributed by atoms with E-state index in [4.69, 9.17) is 0 Å². The molecule has 2 aliphatic rings. The summed E-state index contributed by atoms with van der Waals surface area (Å²) in [6.45, 7) is 3.89. The fourth-order valence-electron chi connectivity index (χ4n) is 3.35. The van der Waals surface area contributed by atoms with E-state index in [1.807, 2.05) is 0 Å². The zero-order chi connectivity index (χ0) is 11.5. The molecule has 1 aliphatic carbocycles. The molecule has 0 bridgehead atoms. The van der Waals surface area contributed by atoms with Crippen LogP contribution in [0.4, 0.5) is 0 Å². The van der Waals surface area contributed by atoms with Gasteiger partial charge < -0.3 is 15.1 Å². The minimum atomic E-state index is 0.763. The van der Waals surface area contributed by atoms with Crippen LogP contribution in [0.5, 0.6) is 0 Å². The zero-order valence-corrected chi connectivity index (χ0v) is 11.1. The first-order valence-corrected chi connectivity index (χ1v) is 6.75. The quantitative estimate of drug-likeness (QED) is 0.770. The van der Waals surface area contributed by atoms with Crippen LogP contribution in [-0.2, 0) is 0 Å². The molecule has 1 heterocycles. The van der Waals surface area contributed by atoms with Crippen LogP contribution in [0, 0.1) is 5.92 Å². The third kappa shape index (κ3) is 2.96. The molecule has 1 saturated heterocycles. The number of nitrogens with zero attached hydrogens (tertiary/aromatic N) is 2. The van der Waals surface area contributed by atoms with Crippen molar-refractivity contribution < 1.29 is 0 Å². The van der Waals surface area contributed by atoms with Gasteiger partial charge in [0, 0.05) is 25.2 Å². The van der Waals surface area contributed by atoms with Gasteiger partial charge in [-0.1, -0.05) is 0 Å². The molecule has 16 heavy (non-hydrogen) atoms. The summed E-state index contributed by atoms with van der Waals surface area (Å²) in [5.74, 6) is 0.906. The molecule has 1 saturated carbocycles. The standard InChI is InChI=1S/C13H27N3/c1-14-12-4-5-13(8-12)16(3)10-11-6-7-15(2)9-11/h11-14H,4-10H2,1-3H3. The van der Waals surface area contributed by atoms with Crippen molar-refractivity contribution in [3.05, 3.63) is 0 Å². The van der Waals surface area contributed by atoms with Crippen LogP contribution in [-0.4, -0.2) is 62.7 Å². The third-order valence-corrected chi connectivity index (χ3v) is 4.47. The molecule has 2 fully saturated rings. The highest BCUT2D eigenvalue weighted by atomic mass is 15.2. The van der Waals surface area contributed by atoms with E-state index >= 15 is 0 Å². The van der Waals surface area contributed by atoms with Gasteiger partial charge >= 0.3 is 0 Å². The molecule has 0 aromatic carbocycles. The molecular formula is C13H27N3. The van der Waals surface area contributed by atoms with Crippen LogP contribution >= 0.6 is 0 Å². The first kappa shape index (κ1) is 12.3. The van der Waals surface area contributed by atoms with Gasteiger partial charge in [-0.15, -0.1) is 0 Å². The van der Waals surface area contributed by atoms with E-state index in [0.29, 0.717) is 0 Å². The van der Waals surface area contributed by atoms with Crippen molar-refractivity contribution in [2.24, 2.45) is 5.92 Å². The lowest BCUT2D eigenvalue weighted by atomic mass is 10.1. The summed E-state index contributed by atoms with van der Waals surface area (Å²) in [6.07, 6.45) is 5.47. The number of nitrogens with one attached hydrogen (secondary N) is 1. The molecule has 2 rings (SSSR count). The lowest BCUT2D eigenvalue weighted by molar-refractivity contribution is 0.206. The van der Waals surface area contributed by atoms with Crippen molar-refractivity contribution >= 4 is 0 Å². The summed E-state index contributed by atoms with van der Waals surface area (Å²) in [7, 11) is 6.66. The number of hydrogen-bond acceptors (Lipinski definition) is 3. The summed E-state index contributed by atoms with van der Waals surface area (Å²) < 4.78 is 0. The Balaban J connectivity index is 1.73. The van der Waals surface area contributed by atoms with Gasteiger partial charge in [-0.3, -0.25) is 0 Å². The Kier molecular flexibility index (Phi) is 4.22. The molecular weight excluding hydrogens is 198 g/mol. The van der Waals surface area contributed by atoms with Crippen LogP contribution in [0.1, 0.15) is 25.7 Å². The van der Waals surface area contributed by atoms with E-state index in [1.54, 1.807) is 0 Å². The average Bonchev–Trinajstić information content (AvgIpc) is 2.87. The summed E-state index contributed by atoms with van der Waals surface area (Å²) in [4.78, 5) is 5.07. The predicted molar refractivity (Wildman–Crippen MR) is 68.7 cm³/mol. The van der Waals surface area contributed by atoms with Crippen molar-refractivity contribution in [2.45, 2.75) is 37.8 Å². The molecule has 1 aliphatic heterocycles. The van der Waals surface area contributed by atoms with Crippen LogP contribution < -0.4 is 5.32 Å². The van der Waals surface area contributed by atoms with E-state index in [1.165, 1.54) is 45.3 Å². The van der Waals surface area contributed by atoms with E-state index in [0.717, 1.165) is 18.0 Å². The average molecular weight is 225 g/mol. The zero-order valence-electron chi connectivity index (χ0n) is 11.1. The molecule has 0 radical (unpaired) electrons. The second-order valence-electron chi connectivity index (χ2n) is 5.81. The molecule has 3 unspecified atom stereocenters. The van der Waals surface area contributed by atoms with Crippen molar-refractivity contribution in [1.29, 1.82) is 0 Å². The maximum Gasteiger partial charge on any atom is 0.0108 e.